The number of carbonyl (C=O) groups excluding carboxylic acids is 1. The van der Waals surface area contributed by atoms with Gasteiger partial charge in [0.1, 0.15) is 17.0 Å². The summed E-state index contributed by atoms with van der Waals surface area (Å²) in [5.74, 6) is 0.129. The van der Waals surface area contributed by atoms with Crippen LogP contribution >= 0.6 is 11.3 Å². The number of nitrogens with one attached hydrogen (secondary N) is 1. The maximum Gasteiger partial charge on any atom is 0.336 e. The molecule has 0 saturated heterocycles. The quantitative estimate of drug-likeness (QED) is 0.520. The Morgan fingerprint density at radius 2 is 1.84 bits per heavy atom. The van der Waals surface area contributed by atoms with Crippen LogP contribution in [0.2, 0.25) is 0 Å². The SMILES string of the molecule is COc1ccc(C)cc1NC(=O)Cn1c(=O)n(-c2cccc(C)c2)c(=O)c2sccc21. The zero-order chi connectivity index (χ0) is 22.1. The van der Waals surface area contributed by atoms with Crippen molar-refractivity contribution in [1.82, 2.24) is 9.13 Å². The number of carbonyl (C=O) groups is 1. The van der Waals surface area contributed by atoms with Gasteiger partial charge in [-0.3, -0.25) is 14.2 Å². The van der Waals surface area contributed by atoms with Gasteiger partial charge in [-0.15, -0.1) is 11.3 Å². The van der Waals surface area contributed by atoms with Crippen molar-refractivity contribution in [1.29, 1.82) is 0 Å². The van der Waals surface area contributed by atoms with E-state index < -0.39 is 17.2 Å². The third-order valence-electron chi connectivity index (χ3n) is 4.95. The summed E-state index contributed by atoms with van der Waals surface area (Å²) in [5, 5.41) is 4.55. The molecule has 4 aromatic rings. The Bertz CT molecular complexity index is 1410. The average Bonchev–Trinajstić information content (AvgIpc) is 3.22. The fourth-order valence-electron chi connectivity index (χ4n) is 3.49. The van der Waals surface area contributed by atoms with E-state index in [9.17, 15) is 14.4 Å². The van der Waals surface area contributed by atoms with Gasteiger partial charge in [0.25, 0.3) is 5.56 Å². The van der Waals surface area contributed by atoms with E-state index in [-0.39, 0.29) is 6.54 Å². The van der Waals surface area contributed by atoms with Gasteiger partial charge in [-0.1, -0.05) is 18.2 Å². The first-order valence-electron chi connectivity index (χ1n) is 9.63. The van der Waals surface area contributed by atoms with Crippen LogP contribution in [0.4, 0.5) is 5.69 Å². The number of aromatic nitrogens is 2. The van der Waals surface area contributed by atoms with Gasteiger partial charge in [0.05, 0.1) is 24.0 Å². The number of fused-ring (bicyclic) bond motifs is 1. The van der Waals surface area contributed by atoms with Gasteiger partial charge in [-0.2, -0.15) is 0 Å². The Labute approximate surface area is 182 Å². The predicted octanol–water partition coefficient (Wildman–Crippen LogP) is 3.48. The van der Waals surface area contributed by atoms with Gasteiger partial charge >= 0.3 is 5.69 Å². The van der Waals surface area contributed by atoms with Crippen molar-refractivity contribution in [2.24, 2.45) is 0 Å². The third-order valence-corrected chi connectivity index (χ3v) is 5.84. The third kappa shape index (κ3) is 3.89. The highest BCUT2D eigenvalue weighted by Gasteiger charge is 2.18. The van der Waals surface area contributed by atoms with Crippen LogP contribution in [-0.4, -0.2) is 22.2 Å². The van der Waals surface area contributed by atoms with Crippen LogP contribution in [0.15, 0.2) is 63.5 Å². The molecule has 0 aliphatic carbocycles. The van der Waals surface area contributed by atoms with E-state index in [2.05, 4.69) is 5.32 Å². The van der Waals surface area contributed by atoms with Crippen molar-refractivity contribution in [2.45, 2.75) is 20.4 Å². The first kappa shape index (κ1) is 20.6. The van der Waals surface area contributed by atoms with E-state index >= 15 is 0 Å². The van der Waals surface area contributed by atoms with Gasteiger partial charge < -0.3 is 10.1 Å². The second-order valence-corrected chi connectivity index (χ2v) is 8.15. The summed E-state index contributed by atoms with van der Waals surface area (Å²) in [7, 11) is 1.53. The van der Waals surface area contributed by atoms with E-state index in [0.29, 0.717) is 27.3 Å². The Hall–Kier alpha value is -3.65. The largest absolute Gasteiger partial charge is 0.495 e. The number of anilines is 1. The van der Waals surface area contributed by atoms with Crippen molar-refractivity contribution in [3.63, 3.8) is 0 Å². The van der Waals surface area contributed by atoms with Crippen LogP contribution in [0.5, 0.6) is 5.75 Å². The molecule has 0 fully saturated rings. The number of benzene rings is 2. The molecule has 7 nitrogen and oxygen atoms in total. The number of methoxy groups -OCH3 is 1. The molecule has 0 bridgehead atoms. The summed E-state index contributed by atoms with van der Waals surface area (Å²) in [4.78, 5) is 39.2. The molecule has 0 aliphatic heterocycles. The molecule has 0 aliphatic rings. The summed E-state index contributed by atoms with van der Waals surface area (Å²) in [5.41, 5.74) is 2.36. The normalized spacial score (nSPS) is 10.9. The Kier molecular flexibility index (Phi) is 5.48. The van der Waals surface area contributed by atoms with Gasteiger partial charge in [0.2, 0.25) is 5.91 Å². The highest BCUT2D eigenvalue weighted by atomic mass is 32.1. The lowest BCUT2D eigenvalue weighted by molar-refractivity contribution is -0.116. The van der Waals surface area contributed by atoms with Crippen LogP contribution in [0.1, 0.15) is 11.1 Å². The Morgan fingerprint density at radius 3 is 2.58 bits per heavy atom. The van der Waals surface area contributed by atoms with Gasteiger partial charge in [0.15, 0.2) is 0 Å². The molecule has 31 heavy (non-hydrogen) atoms. The molecule has 0 saturated carbocycles. The predicted molar refractivity (Wildman–Crippen MR) is 123 cm³/mol. The van der Waals surface area contributed by atoms with E-state index in [4.69, 9.17) is 4.74 Å². The molecular formula is C23H21N3O4S. The molecule has 0 atom stereocenters. The lowest BCUT2D eigenvalue weighted by Crippen LogP contribution is -2.40. The minimum atomic E-state index is -0.562. The lowest BCUT2D eigenvalue weighted by Gasteiger charge is -2.14. The van der Waals surface area contributed by atoms with Crippen LogP contribution in [0.25, 0.3) is 15.9 Å². The molecule has 8 heteroatoms. The Balaban J connectivity index is 1.79. The van der Waals surface area contributed by atoms with E-state index in [1.165, 1.54) is 23.0 Å². The zero-order valence-electron chi connectivity index (χ0n) is 17.3. The van der Waals surface area contributed by atoms with E-state index in [0.717, 1.165) is 15.7 Å². The number of hydrogen-bond acceptors (Lipinski definition) is 5. The van der Waals surface area contributed by atoms with Gasteiger partial charge in [-0.05, 0) is 60.7 Å². The zero-order valence-corrected chi connectivity index (χ0v) is 18.2. The second kappa shape index (κ2) is 8.23. The smallest absolute Gasteiger partial charge is 0.336 e. The Morgan fingerprint density at radius 1 is 1.06 bits per heavy atom. The summed E-state index contributed by atoms with van der Waals surface area (Å²) >= 11 is 1.24. The molecule has 1 amide bonds. The highest BCUT2D eigenvalue weighted by Crippen LogP contribution is 2.25. The molecule has 1 N–H and O–H groups in total. The minimum Gasteiger partial charge on any atom is -0.495 e. The second-order valence-electron chi connectivity index (χ2n) is 7.24. The molecular weight excluding hydrogens is 414 g/mol. The molecule has 2 heterocycles. The molecule has 0 radical (unpaired) electrons. The van der Waals surface area contributed by atoms with Crippen molar-refractivity contribution in [2.75, 3.05) is 12.4 Å². The van der Waals surface area contributed by atoms with Crippen molar-refractivity contribution in [3.05, 3.63) is 85.9 Å². The molecule has 2 aromatic carbocycles. The molecule has 0 unspecified atom stereocenters. The topological polar surface area (TPSA) is 82.3 Å². The fourth-order valence-corrected chi connectivity index (χ4v) is 4.31. The number of ether oxygens (including phenoxy) is 1. The van der Waals surface area contributed by atoms with Crippen molar-refractivity contribution >= 4 is 33.1 Å². The summed E-state index contributed by atoms with van der Waals surface area (Å²) in [6.45, 7) is 3.56. The number of rotatable bonds is 5. The van der Waals surface area contributed by atoms with Crippen molar-refractivity contribution in [3.8, 4) is 11.4 Å². The fraction of sp³-hybridized carbons (Fsp3) is 0.174. The molecule has 2 aromatic heterocycles. The standard InChI is InChI=1S/C23H21N3O4S/c1-14-5-4-6-16(11-14)26-22(28)21-18(9-10-31-21)25(23(26)29)13-20(27)24-17-12-15(2)7-8-19(17)30-3/h4-12H,13H2,1-3H3,(H,24,27). The van der Waals surface area contributed by atoms with Crippen LogP contribution in [0.3, 0.4) is 0 Å². The monoisotopic (exact) mass is 435 g/mol. The maximum absolute atomic E-state index is 13.3. The molecule has 158 valence electrons. The molecule has 0 spiro atoms. The molecule has 4 rings (SSSR count). The van der Waals surface area contributed by atoms with E-state index in [1.807, 2.05) is 26.0 Å². The first-order chi connectivity index (χ1) is 14.9. The average molecular weight is 436 g/mol. The summed E-state index contributed by atoms with van der Waals surface area (Å²) in [6.07, 6.45) is 0. The van der Waals surface area contributed by atoms with Crippen LogP contribution < -0.4 is 21.3 Å². The van der Waals surface area contributed by atoms with Crippen LogP contribution in [0, 0.1) is 13.8 Å². The summed E-state index contributed by atoms with van der Waals surface area (Å²) < 4.78 is 8.17. The summed E-state index contributed by atoms with van der Waals surface area (Å²) in [6, 6.07) is 14.3. The minimum absolute atomic E-state index is 0.241. The number of aryl methyl sites for hydroxylation is 2. The lowest BCUT2D eigenvalue weighted by atomic mass is 10.2. The van der Waals surface area contributed by atoms with Gasteiger partial charge in [0, 0.05) is 0 Å². The number of hydrogen-bond donors (Lipinski definition) is 1. The number of thiophene rings is 1. The number of amides is 1. The first-order valence-corrected chi connectivity index (χ1v) is 10.5. The number of nitrogens with zero attached hydrogens (tertiary/aromatic N) is 2. The highest BCUT2D eigenvalue weighted by molar-refractivity contribution is 7.17. The van der Waals surface area contributed by atoms with Crippen molar-refractivity contribution < 1.29 is 9.53 Å². The van der Waals surface area contributed by atoms with Gasteiger partial charge in [-0.25, -0.2) is 9.36 Å². The van der Waals surface area contributed by atoms with Crippen LogP contribution in [-0.2, 0) is 11.3 Å². The maximum atomic E-state index is 13.3. The van der Waals surface area contributed by atoms with E-state index in [1.54, 1.807) is 41.8 Å².